The molecule has 0 aliphatic rings. The van der Waals surface area contributed by atoms with Crippen molar-refractivity contribution in [1.29, 1.82) is 0 Å². The molecule has 0 fully saturated rings. The van der Waals surface area contributed by atoms with Crippen molar-refractivity contribution in [3.05, 3.63) is 35.4 Å². The number of hydrogen-bond donors (Lipinski definition) is 2. The SMILES string of the molecule is CCNC(=O)C(C)NCc1ccc(C(F)F)cc1. The van der Waals surface area contributed by atoms with Gasteiger partial charge in [-0.1, -0.05) is 24.3 Å². The smallest absolute Gasteiger partial charge is 0.263 e. The van der Waals surface area contributed by atoms with Crippen LogP contribution in [0.5, 0.6) is 0 Å². The number of halogens is 2. The average molecular weight is 256 g/mol. The number of hydrogen-bond acceptors (Lipinski definition) is 2. The highest BCUT2D eigenvalue weighted by Gasteiger charge is 2.11. The van der Waals surface area contributed by atoms with Crippen molar-refractivity contribution in [2.45, 2.75) is 32.9 Å². The van der Waals surface area contributed by atoms with Crippen LogP contribution in [0.4, 0.5) is 8.78 Å². The van der Waals surface area contributed by atoms with Crippen molar-refractivity contribution in [3.63, 3.8) is 0 Å². The molecule has 0 spiro atoms. The predicted molar refractivity (Wildman–Crippen MR) is 66.4 cm³/mol. The van der Waals surface area contributed by atoms with Crippen LogP contribution in [0, 0.1) is 0 Å². The third-order valence-corrected chi connectivity index (χ3v) is 2.59. The van der Waals surface area contributed by atoms with Crippen LogP contribution in [0.3, 0.4) is 0 Å². The molecule has 0 aliphatic carbocycles. The van der Waals surface area contributed by atoms with Crippen LogP contribution in [-0.4, -0.2) is 18.5 Å². The molecule has 1 rings (SSSR count). The van der Waals surface area contributed by atoms with Crippen molar-refractivity contribution >= 4 is 5.91 Å². The molecular formula is C13H18F2N2O. The minimum Gasteiger partial charge on any atom is -0.355 e. The number of alkyl halides is 2. The Morgan fingerprint density at radius 3 is 2.39 bits per heavy atom. The summed E-state index contributed by atoms with van der Waals surface area (Å²) in [4.78, 5) is 11.4. The van der Waals surface area contributed by atoms with E-state index < -0.39 is 6.43 Å². The van der Waals surface area contributed by atoms with Gasteiger partial charge in [0.05, 0.1) is 6.04 Å². The molecule has 1 atom stereocenters. The Bertz CT molecular complexity index is 379. The normalized spacial score (nSPS) is 12.5. The molecular weight excluding hydrogens is 238 g/mol. The largest absolute Gasteiger partial charge is 0.355 e. The first kappa shape index (κ1) is 14.6. The molecule has 0 saturated carbocycles. The third kappa shape index (κ3) is 4.41. The zero-order valence-electron chi connectivity index (χ0n) is 10.5. The molecule has 0 heterocycles. The van der Waals surface area contributed by atoms with Gasteiger partial charge in [-0.3, -0.25) is 4.79 Å². The summed E-state index contributed by atoms with van der Waals surface area (Å²) < 4.78 is 24.7. The number of amides is 1. The molecule has 1 aromatic carbocycles. The van der Waals surface area contributed by atoms with Crippen LogP contribution >= 0.6 is 0 Å². The lowest BCUT2D eigenvalue weighted by molar-refractivity contribution is -0.122. The molecule has 0 bridgehead atoms. The summed E-state index contributed by atoms with van der Waals surface area (Å²) in [7, 11) is 0. The zero-order chi connectivity index (χ0) is 13.5. The summed E-state index contributed by atoms with van der Waals surface area (Å²) in [5.41, 5.74) is 0.881. The Morgan fingerprint density at radius 1 is 1.28 bits per heavy atom. The molecule has 3 nitrogen and oxygen atoms in total. The van der Waals surface area contributed by atoms with E-state index >= 15 is 0 Å². The zero-order valence-corrected chi connectivity index (χ0v) is 10.5. The maximum absolute atomic E-state index is 12.3. The van der Waals surface area contributed by atoms with E-state index in [0.717, 1.165) is 5.56 Å². The molecule has 5 heteroatoms. The van der Waals surface area contributed by atoms with Crippen molar-refractivity contribution in [2.24, 2.45) is 0 Å². The fourth-order valence-electron chi connectivity index (χ4n) is 1.47. The summed E-state index contributed by atoms with van der Waals surface area (Å²) in [6.07, 6.45) is -2.44. The van der Waals surface area contributed by atoms with E-state index in [2.05, 4.69) is 10.6 Å². The van der Waals surface area contributed by atoms with Crippen LogP contribution in [0.2, 0.25) is 0 Å². The number of nitrogens with one attached hydrogen (secondary N) is 2. The van der Waals surface area contributed by atoms with Gasteiger partial charge >= 0.3 is 0 Å². The highest BCUT2D eigenvalue weighted by atomic mass is 19.3. The first-order valence-corrected chi connectivity index (χ1v) is 5.92. The summed E-state index contributed by atoms with van der Waals surface area (Å²) in [6, 6.07) is 5.77. The molecule has 0 aliphatic heterocycles. The second-order valence-corrected chi connectivity index (χ2v) is 4.04. The standard InChI is InChI=1S/C13H18F2N2O/c1-3-16-13(18)9(2)17-8-10-4-6-11(7-5-10)12(14)15/h4-7,9,12,17H,3,8H2,1-2H3,(H,16,18). The molecule has 1 unspecified atom stereocenters. The maximum Gasteiger partial charge on any atom is 0.263 e. The van der Waals surface area contributed by atoms with Gasteiger partial charge in [-0.15, -0.1) is 0 Å². The third-order valence-electron chi connectivity index (χ3n) is 2.59. The number of likely N-dealkylation sites (N-methyl/N-ethyl adjacent to an activating group) is 1. The van der Waals surface area contributed by atoms with Gasteiger partial charge in [0.25, 0.3) is 6.43 Å². The van der Waals surface area contributed by atoms with Crippen molar-refractivity contribution in [1.82, 2.24) is 10.6 Å². The summed E-state index contributed by atoms with van der Waals surface area (Å²) in [5.74, 6) is -0.0679. The second-order valence-electron chi connectivity index (χ2n) is 4.04. The van der Waals surface area contributed by atoms with Crippen LogP contribution in [-0.2, 0) is 11.3 Å². The Balaban J connectivity index is 2.46. The van der Waals surface area contributed by atoms with E-state index in [4.69, 9.17) is 0 Å². The van der Waals surface area contributed by atoms with Crippen LogP contribution < -0.4 is 10.6 Å². The molecule has 1 amide bonds. The van der Waals surface area contributed by atoms with Gasteiger partial charge in [0.15, 0.2) is 0 Å². The highest BCUT2D eigenvalue weighted by Crippen LogP contribution is 2.18. The lowest BCUT2D eigenvalue weighted by Crippen LogP contribution is -2.41. The molecule has 18 heavy (non-hydrogen) atoms. The van der Waals surface area contributed by atoms with Crippen LogP contribution in [0.1, 0.15) is 31.4 Å². The van der Waals surface area contributed by atoms with Crippen LogP contribution in [0.25, 0.3) is 0 Å². The molecule has 2 N–H and O–H groups in total. The second kappa shape index (κ2) is 7.06. The Hall–Kier alpha value is -1.49. The first-order valence-electron chi connectivity index (χ1n) is 5.92. The topological polar surface area (TPSA) is 41.1 Å². The summed E-state index contributed by atoms with van der Waals surface area (Å²) in [6.45, 7) is 4.68. The van der Waals surface area contributed by atoms with Gasteiger partial charge in [0.1, 0.15) is 0 Å². The van der Waals surface area contributed by atoms with Gasteiger partial charge in [0.2, 0.25) is 5.91 Å². The minimum absolute atomic E-state index is 0.00974. The Kier molecular flexibility index (Phi) is 5.71. The number of benzene rings is 1. The van der Waals surface area contributed by atoms with E-state index in [1.54, 1.807) is 19.1 Å². The fraction of sp³-hybridized carbons (Fsp3) is 0.462. The average Bonchev–Trinajstić information content (AvgIpc) is 2.36. The van der Waals surface area contributed by atoms with E-state index in [1.807, 2.05) is 6.92 Å². The van der Waals surface area contributed by atoms with E-state index in [1.165, 1.54) is 12.1 Å². The van der Waals surface area contributed by atoms with E-state index in [-0.39, 0.29) is 17.5 Å². The number of carbonyl (C=O) groups excluding carboxylic acids is 1. The molecule has 0 saturated heterocycles. The van der Waals surface area contributed by atoms with Gasteiger partial charge in [0, 0.05) is 18.7 Å². The molecule has 1 aromatic rings. The molecule has 100 valence electrons. The van der Waals surface area contributed by atoms with Gasteiger partial charge in [-0.05, 0) is 19.4 Å². The Morgan fingerprint density at radius 2 is 1.89 bits per heavy atom. The van der Waals surface area contributed by atoms with Crippen molar-refractivity contribution in [2.75, 3.05) is 6.54 Å². The predicted octanol–water partition coefficient (Wildman–Crippen LogP) is 2.24. The number of carbonyl (C=O) groups is 1. The minimum atomic E-state index is -2.44. The van der Waals surface area contributed by atoms with Crippen molar-refractivity contribution < 1.29 is 13.6 Å². The van der Waals surface area contributed by atoms with Gasteiger partial charge < -0.3 is 10.6 Å². The number of rotatable bonds is 6. The van der Waals surface area contributed by atoms with Gasteiger partial charge in [-0.2, -0.15) is 0 Å². The first-order chi connectivity index (χ1) is 8.54. The summed E-state index contributed by atoms with van der Waals surface area (Å²) >= 11 is 0. The quantitative estimate of drug-likeness (QED) is 0.819. The molecule has 0 aromatic heterocycles. The monoisotopic (exact) mass is 256 g/mol. The highest BCUT2D eigenvalue weighted by molar-refractivity contribution is 5.81. The van der Waals surface area contributed by atoms with Crippen LogP contribution in [0.15, 0.2) is 24.3 Å². The fourth-order valence-corrected chi connectivity index (χ4v) is 1.47. The Labute approximate surface area is 106 Å². The lowest BCUT2D eigenvalue weighted by atomic mass is 10.1. The van der Waals surface area contributed by atoms with Gasteiger partial charge in [-0.25, -0.2) is 8.78 Å². The molecule has 0 radical (unpaired) electrons. The van der Waals surface area contributed by atoms with E-state index in [9.17, 15) is 13.6 Å². The summed E-state index contributed by atoms with van der Waals surface area (Å²) in [5, 5.41) is 5.74. The van der Waals surface area contributed by atoms with Crippen molar-refractivity contribution in [3.8, 4) is 0 Å². The lowest BCUT2D eigenvalue weighted by Gasteiger charge is -2.13. The maximum atomic E-state index is 12.3. The van der Waals surface area contributed by atoms with E-state index in [0.29, 0.717) is 13.1 Å².